The standard InChI is InChI=1S/3C15H11N.Ir/c3*1-2-6-12(7-3-1)15-11-10-13-8-4-5-9-14(13)16-15;/h3*1-11H;/q;;;+3. The molecule has 0 fully saturated rings. The minimum atomic E-state index is 0. The van der Waals surface area contributed by atoms with Crippen molar-refractivity contribution < 1.29 is 20.1 Å². The van der Waals surface area contributed by atoms with E-state index in [1.165, 1.54) is 16.2 Å². The van der Waals surface area contributed by atoms with Crippen molar-refractivity contribution in [3.63, 3.8) is 0 Å². The maximum Gasteiger partial charge on any atom is 3.00 e. The molecular formula is C45H33IrN3+3. The van der Waals surface area contributed by atoms with Gasteiger partial charge in [-0.3, -0.25) is 0 Å². The van der Waals surface area contributed by atoms with E-state index in [9.17, 15) is 0 Å². The molecule has 0 unspecified atom stereocenters. The Kier molecular flexibility index (Phi) is 11.0. The second-order valence-corrected chi connectivity index (χ2v) is 11.3. The molecule has 0 bridgehead atoms. The van der Waals surface area contributed by atoms with Gasteiger partial charge in [0.05, 0.1) is 33.6 Å². The molecule has 234 valence electrons. The summed E-state index contributed by atoms with van der Waals surface area (Å²) >= 11 is 0. The molecule has 0 amide bonds. The van der Waals surface area contributed by atoms with Crippen LogP contribution >= 0.6 is 0 Å². The van der Waals surface area contributed by atoms with Crippen molar-refractivity contribution >= 4 is 32.7 Å². The number of hydrogen-bond acceptors (Lipinski definition) is 3. The summed E-state index contributed by atoms with van der Waals surface area (Å²) in [5.41, 5.74) is 9.70. The first-order valence-corrected chi connectivity index (χ1v) is 16.0. The van der Waals surface area contributed by atoms with Gasteiger partial charge in [-0.15, -0.1) is 0 Å². The smallest absolute Gasteiger partial charge is 0.248 e. The number of pyridine rings is 3. The fourth-order valence-electron chi connectivity index (χ4n) is 5.51. The van der Waals surface area contributed by atoms with Gasteiger partial charge in [-0.05, 0) is 36.4 Å². The summed E-state index contributed by atoms with van der Waals surface area (Å²) in [6.07, 6.45) is 0. The number of rotatable bonds is 3. The van der Waals surface area contributed by atoms with Crippen molar-refractivity contribution in [2.45, 2.75) is 0 Å². The molecule has 49 heavy (non-hydrogen) atoms. The van der Waals surface area contributed by atoms with Gasteiger partial charge in [-0.1, -0.05) is 164 Å². The van der Waals surface area contributed by atoms with Gasteiger partial charge in [0.2, 0.25) is 0 Å². The summed E-state index contributed by atoms with van der Waals surface area (Å²) in [7, 11) is 0. The zero-order chi connectivity index (χ0) is 32.4. The first kappa shape index (κ1) is 33.1. The molecule has 3 aromatic heterocycles. The topological polar surface area (TPSA) is 38.7 Å². The van der Waals surface area contributed by atoms with Crippen molar-refractivity contribution in [2.75, 3.05) is 0 Å². The molecule has 0 atom stereocenters. The molecule has 0 aliphatic heterocycles. The molecule has 0 N–H and O–H groups in total. The van der Waals surface area contributed by atoms with Crippen molar-refractivity contribution in [3.05, 3.63) is 200 Å². The van der Waals surface area contributed by atoms with E-state index < -0.39 is 0 Å². The molecule has 0 saturated heterocycles. The van der Waals surface area contributed by atoms with E-state index in [4.69, 9.17) is 0 Å². The van der Waals surface area contributed by atoms with E-state index >= 15 is 0 Å². The quantitative estimate of drug-likeness (QED) is 0.178. The molecule has 0 aliphatic carbocycles. The summed E-state index contributed by atoms with van der Waals surface area (Å²) in [4.78, 5) is 13.9. The Labute approximate surface area is 300 Å². The van der Waals surface area contributed by atoms with Gasteiger partial charge in [-0.25, -0.2) is 15.0 Å². The third-order valence-electron chi connectivity index (χ3n) is 8.00. The summed E-state index contributed by atoms with van der Waals surface area (Å²) in [6, 6.07) is 67.8. The zero-order valence-electron chi connectivity index (χ0n) is 26.7. The minimum absolute atomic E-state index is 0. The van der Waals surface area contributed by atoms with Crippen LogP contribution in [0.3, 0.4) is 0 Å². The maximum absolute atomic E-state index is 4.65. The van der Waals surface area contributed by atoms with Crippen molar-refractivity contribution in [1.82, 2.24) is 15.0 Å². The van der Waals surface area contributed by atoms with Crippen molar-refractivity contribution in [2.24, 2.45) is 0 Å². The Hall–Kier alpha value is -5.80. The van der Waals surface area contributed by atoms with E-state index in [1.54, 1.807) is 0 Å². The number of benzene rings is 6. The van der Waals surface area contributed by atoms with Crippen LogP contribution in [-0.2, 0) is 20.1 Å². The molecule has 4 heteroatoms. The van der Waals surface area contributed by atoms with Crippen LogP contribution in [0.15, 0.2) is 200 Å². The number of aromatic nitrogens is 3. The zero-order valence-corrected chi connectivity index (χ0v) is 29.1. The van der Waals surface area contributed by atoms with Gasteiger partial charge in [0.1, 0.15) is 0 Å². The average molecular weight is 808 g/mol. The summed E-state index contributed by atoms with van der Waals surface area (Å²) < 4.78 is 0. The molecular weight excluding hydrogens is 775 g/mol. The van der Waals surface area contributed by atoms with E-state index in [1.807, 2.05) is 109 Å². The molecule has 0 radical (unpaired) electrons. The molecule has 0 saturated carbocycles. The van der Waals surface area contributed by atoms with Crippen LogP contribution < -0.4 is 0 Å². The molecule has 3 nitrogen and oxygen atoms in total. The Morgan fingerprint density at radius 3 is 0.755 bits per heavy atom. The van der Waals surface area contributed by atoms with E-state index in [2.05, 4.69) is 106 Å². The third kappa shape index (κ3) is 8.38. The molecule has 9 aromatic rings. The molecule has 6 aromatic carbocycles. The monoisotopic (exact) mass is 808 g/mol. The van der Waals surface area contributed by atoms with Crippen molar-refractivity contribution in [3.8, 4) is 33.8 Å². The predicted octanol–water partition coefficient (Wildman–Crippen LogP) is 11.7. The van der Waals surface area contributed by atoms with Crippen LogP contribution in [0.1, 0.15) is 0 Å². The van der Waals surface area contributed by atoms with Crippen LogP contribution in [0.25, 0.3) is 66.5 Å². The number of hydrogen-bond donors (Lipinski definition) is 0. The average Bonchev–Trinajstić information content (AvgIpc) is 3.19. The minimum Gasteiger partial charge on any atom is -0.248 e. The summed E-state index contributed by atoms with van der Waals surface area (Å²) in [6.45, 7) is 0. The second kappa shape index (κ2) is 16.3. The maximum atomic E-state index is 4.65. The number of para-hydroxylation sites is 3. The Bertz CT molecular complexity index is 2120. The first-order valence-electron chi connectivity index (χ1n) is 16.0. The van der Waals surface area contributed by atoms with E-state index in [0.29, 0.717) is 0 Å². The SMILES string of the molecule is [Ir+3].c1ccc(-c2ccc3ccccc3n2)cc1.c1ccc(-c2ccc3ccccc3n2)cc1.c1ccc(-c2ccc3ccccc3n2)cc1. The van der Waals surface area contributed by atoms with Gasteiger partial charge in [0.15, 0.2) is 0 Å². The van der Waals surface area contributed by atoms with Gasteiger partial charge < -0.3 is 0 Å². The second-order valence-electron chi connectivity index (χ2n) is 11.3. The number of nitrogens with zero attached hydrogens (tertiary/aromatic N) is 3. The van der Waals surface area contributed by atoms with Gasteiger partial charge in [0, 0.05) is 32.8 Å². The van der Waals surface area contributed by atoms with Gasteiger partial charge in [-0.2, -0.15) is 0 Å². The van der Waals surface area contributed by atoms with Gasteiger partial charge >= 0.3 is 20.1 Å². The van der Waals surface area contributed by atoms with Gasteiger partial charge in [0.25, 0.3) is 0 Å². The molecule has 0 spiro atoms. The van der Waals surface area contributed by atoms with Crippen LogP contribution in [0.2, 0.25) is 0 Å². The number of fused-ring (bicyclic) bond motifs is 3. The fourth-order valence-corrected chi connectivity index (χ4v) is 5.51. The van der Waals surface area contributed by atoms with Crippen LogP contribution in [0.4, 0.5) is 0 Å². The largest absolute Gasteiger partial charge is 3.00 e. The Morgan fingerprint density at radius 2 is 0.469 bits per heavy atom. The first-order chi connectivity index (χ1) is 23.8. The van der Waals surface area contributed by atoms with Crippen LogP contribution in [-0.4, -0.2) is 15.0 Å². The van der Waals surface area contributed by atoms with Crippen LogP contribution in [0, 0.1) is 0 Å². The Balaban J connectivity index is 0.000000126. The predicted molar refractivity (Wildman–Crippen MR) is 202 cm³/mol. The van der Waals surface area contributed by atoms with E-state index in [-0.39, 0.29) is 20.1 Å². The fraction of sp³-hybridized carbons (Fsp3) is 0. The summed E-state index contributed by atoms with van der Waals surface area (Å²) in [5.74, 6) is 0. The molecule has 3 heterocycles. The Morgan fingerprint density at radius 1 is 0.224 bits per heavy atom. The normalized spacial score (nSPS) is 10.3. The van der Waals surface area contributed by atoms with Crippen molar-refractivity contribution in [1.29, 1.82) is 0 Å². The summed E-state index contributed by atoms with van der Waals surface area (Å²) in [5, 5.41) is 3.55. The van der Waals surface area contributed by atoms with E-state index in [0.717, 1.165) is 50.3 Å². The third-order valence-corrected chi connectivity index (χ3v) is 8.00. The molecule has 9 rings (SSSR count). The molecule has 0 aliphatic rings. The van der Waals surface area contributed by atoms with Crippen LogP contribution in [0.5, 0.6) is 0 Å².